The molecule has 0 aromatic carbocycles. The zero-order valence-electron chi connectivity index (χ0n) is 10.9. The fourth-order valence-electron chi connectivity index (χ4n) is 3.24. The number of hydrogen-bond acceptors (Lipinski definition) is 3. The van der Waals surface area contributed by atoms with Crippen LogP contribution in [0.2, 0.25) is 0 Å². The largest absolute Gasteiger partial charge is 0.341 e. The van der Waals surface area contributed by atoms with Gasteiger partial charge in [-0.05, 0) is 45.2 Å². The van der Waals surface area contributed by atoms with Crippen LogP contribution in [-0.2, 0) is 4.79 Å². The van der Waals surface area contributed by atoms with E-state index in [1.807, 2.05) is 11.9 Å². The standard InChI is InChI=1S/C13H25N3O/c1-15-9-11-5-4-8-16(10-11)12(17)13(14)6-2-3-7-13/h11,15H,2-10,14H2,1H3/t11-/m0/s1. The normalized spacial score (nSPS) is 28.4. The van der Waals surface area contributed by atoms with Gasteiger partial charge in [0.25, 0.3) is 0 Å². The third-order valence-electron chi connectivity index (χ3n) is 4.22. The van der Waals surface area contributed by atoms with Crippen molar-refractivity contribution in [3.63, 3.8) is 0 Å². The highest BCUT2D eigenvalue weighted by Crippen LogP contribution is 2.30. The average molecular weight is 239 g/mol. The van der Waals surface area contributed by atoms with E-state index in [1.165, 1.54) is 6.42 Å². The lowest BCUT2D eigenvalue weighted by Gasteiger charge is -2.37. The fraction of sp³-hybridized carbons (Fsp3) is 0.923. The van der Waals surface area contributed by atoms with E-state index in [-0.39, 0.29) is 5.91 Å². The van der Waals surface area contributed by atoms with Crippen molar-refractivity contribution in [1.82, 2.24) is 10.2 Å². The first-order chi connectivity index (χ1) is 8.15. The summed E-state index contributed by atoms with van der Waals surface area (Å²) >= 11 is 0. The third kappa shape index (κ3) is 2.80. The Morgan fingerprint density at radius 2 is 2.12 bits per heavy atom. The molecule has 0 unspecified atom stereocenters. The van der Waals surface area contributed by atoms with Crippen LogP contribution >= 0.6 is 0 Å². The molecule has 1 heterocycles. The molecule has 1 amide bonds. The van der Waals surface area contributed by atoms with Crippen molar-refractivity contribution in [2.75, 3.05) is 26.7 Å². The van der Waals surface area contributed by atoms with Crippen LogP contribution in [0.1, 0.15) is 38.5 Å². The summed E-state index contributed by atoms with van der Waals surface area (Å²) in [5, 5.41) is 3.21. The minimum Gasteiger partial charge on any atom is -0.341 e. The van der Waals surface area contributed by atoms with Gasteiger partial charge in [0.1, 0.15) is 0 Å². The summed E-state index contributed by atoms with van der Waals surface area (Å²) in [6.45, 7) is 2.79. The van der Waals surface area contributed by atoms with Gasteiger partial charge in [-0.2, -0.15) is 0 Å². The van der Waals surface area contributed by atoms with Gasteiger partial charge in [-0.15, -0.1) is 0 Å². The highest BCUT2D eigenvalue weighted by Gasteiger charge is 2.40. The molecule has 1 atom stereocenters. The quantitative estimate of drug-likeness (QED) is 0.763. The number of rotatable bonds is 3. The molecule has 0 bridgehead atoms. The molecule has 0 aromatic heterocycles. The summed E-state index contributed by atoms with van der Waals surface area (Å²) in [5.41, 5.74) is 5.71. The maximum Gasteiger partial charge on any atom is 0.242 e. The molecule has 1 aliphatic carbocycles. The van der Waals surface area contributed by atoms with E-state index in [1.54, 1.807) is 0 Å². The molecule has 0 aromatic rings. The van der Waals surface area contributed by atoms with E-state index in [9.17, 15) is 4.79 Å². The number of piperidine rings is 1. The Morgan fingerprint density at radius 1 is 1.41 bits per heavy atom. The van der Waals surface area contributed by atoms with Crippen molar-refractivity contribution in [1.29, 1.82) is 0 Å². The van der Waals surface area contributed by atoms with E-state index in [0.717, 1.165) is 51.7 Å². The fourth-order valence-corrected chi connectivity index (χ4v) is 3.24. The number of carbonyl (C=O) groups excluding carboxylic acids is 1. The van der Waals surface area contributed by atoms with Gasteiger partial charge in [0.2, 0.25) is 5.91 Å². The monoisotopic (exact) mass is 239 g/mol. The van der Waals surface area contributed by atoms with E-state index >= 15 is 0 Å². The summed E-state index contributed by atoms with van der Waals surface area (Å²) in [6.07, 6.45) is 6.31. The molecule has 98 valence electrons. The number of nitrogens with two attached hydrogens (primary N) is 1. The molecule has 2 rings (SSSR count). The van der Waals surface area contributed by atoms with Crippen LogP contribution in [0, 0.1) is 5.92 Å². The van der Waals surface area contributed by atoms with Crippen molar-refractivity contribution in [3.8, 4) is 0 Å². The van der Waals surface area contributed by atoms with Gasteiger partial charge in [-0.1, -0.05) is 12.8 Å². The molecule has 4 nitrogen and oxygen atoms in total. The Kier molecular flexibility index (Phi) is 4.05. The lowest BCUT2D eigenvalue weighted by atomic mass is 9.92. The molecule has 1 saturated carbocycles. The van der Waals surface area contributed by atoms with Crippen LogP contribution in [-0.4, -0.2) is 43.0 Å². The Bertz CT molecular complexity index is 272. The molecule has 4 heteroatoms. The Balaban J connectivity index is 1.94. The van der Waals surface area contributed by atoms with Crippen LogP contribution in [0.5, 0.6) is 0 Å². The summed E-state index contributed by atoms with van der Waals surface area (Å²) in [5.74, 6) is 0.804. The number of likely N-dealkylation sites (tertiary alicyclic amines) is 1. The second-order valence-electron chi connectivity index (χ2n) is 5.68. The van der Waals surface area contributed by atoms with Crippen molar-refractivity contribution in [2.45, 2.75) is 44.1 Å². The SMILES string of the molecule is CNC[C@@H]1CCCN(C(=O)C2(N)CCCC2)C1. The van der Waals surface area contributed by atoms with Crippen molar-refractivity contribution >= 4 is 5.91 Å². The number of nitrogens with zero attached hydrogens (tertiary/aromatic N) is 1. The molecule has 17 heavy (non-hydrogen) atoms. The highest BCUT2D eigenvalue weighted by atomic mass is 16.2. The Hall–Kier alpha value is -0.610. The Morgan fingerprint density at radius 3 is 2.76 bits per heavy atom. The zero-order chi connectivity index (χ0) is 12.3. The van der Waals surface area contributed by atoms with Crippen LogP contribution < -0.4 is 11.1 Å². The molecule has 2 aliphatic rings. The van der Waals surface area contributed by atoms with Gasteiger partial charge in [0.05, 0.1) is 5.54 Å². The lowest BCUT2D eigenvalue weighted by Crippen LogP contribution is -2.56. The number of hydrogen-bond donors (Lipinski definition) is 2. The minimum absolute atomic E-state index is 0.204. The second kappa shape index (κ2) is 5.36. The van der Waals surface area contributed by atoms with Crippen LogP contribution in [0.25, 0.3) is 0 Å². The summed E-state index contributed by atoms with van der Waals surface area (Å²) < 4.78 is 0. The molecule has 2 fully saturated rings. The van der Waals surface area contributed by atoms with Gasteiger partial charge in [-0.3, -0.25) is 4.79 Å². The summed E-state index contributed by atoms with van der Waals surface area (Å²) in [7, 11) is 1.97. The zero-order valence-corrected chi connectivity index (χ0v) is 10.9. The van der Waals surface area contributed by atoms with Crippen LogP contribution in [0.3, 0.4) is 0 Å². The van der Waals surface area contributed by atoms with Gasteiger partial charge in [-0.25, -0.2) is 0 Å². The molecule has 3 N–H and O–H groups in total. The maximum atomic E-state index is 12.5. The topological polar surface area (TPSA) is 58.4 Å². The van der Waals surface area contributed by atoms with Gasteiger partial charge in [0.15, 0.2) is 0 Å². The molecule has 0 radical (unpaired) electrons. The van der Waals surface area contributed by atoms with Gasteiger partial charge >= 0.3 is 0 Å². The predicted molar refractivity (Wildman–Crippen MR) is 68.6 cm³/mol. The van der Waals surface area contributed by atoms with E-state index < -0.39 is 5.54 Å². The lowest BCUT2D eigenvalue weighted by molar-refractivity contribution is -0.138. The van der Waals surface area contributed by atoms with Gasteiger partial charge in [0, 0.05) is 13.1 Å². The van der Waals surface area contributed by atoms with Crippen LogP contribution in [0.15, 0.2) is 0 Å². The first-order valence-corrected chi connectivity index (χ1v) is 6.88. The maximum absolute atomic E-state index is 12.5. The average Bonchev–Trinajstić information content (AvgIpc) is 2.77. The summed E-state index contributed by atoms with van der Waals surface area (Å²) in [4.78, 5) is 14.5. The third-order valence-corrected chi connectivity index (χ3v) is 4.22. The van der Waals surface area contributed by atoms with Gasteiger partial charge < -0.3 is 16.0 Å². The molecular weight excluding hydrogens is 214 g/mol. The highest BCUT2D eigenvalue weighted by molar-refractivity contribution is 5.86. The predicted octanol–water partition coefficient (Wildman–Crippen LogP) is 0.716. The number of carbonyl (C=O) groups is 1. The first-order valence-electron chi connectivity index (χ1n) is 6.88. The Labute approximate surface area is 104 Å². The molecule has 1 aliphatic heterocycles. The van der Waals surface area contributed by atoms with Crippen molar-refractivity contribution < 1.29 is 4.79 Å². The smallest absolute Gasteiger partial charge is 0.242 e. The van der Waals surface area contributed by atoms with Crippen molar-refractivity contribution in [2.24, 2.45) is 11.7 Å². The molecule has 1 saturated heterocycles. The molecular formula is C13H25N3O. The van der Waals surface area contributed by atoms with E-state index in [0.29, 0.717) is 5.92 Å². The van der Waals surface area contributed by atoms with Crippen molar-refractivity contribution in [3.05, 3.63) is 0 Å². The minimum atomic E-state index is -0.540. The number of amides is 1. The molecule has 0 spiro atoms. The van der Waals surface area contributed by atoms with E-state index in [4.69, 9.17) is 5.73 Å². The second-order valence-corrected chi connectivity index (χ2v) is 5.68. The first kappa shape index (κ1) is 12.8. The van der Waals surface area contributed by atoms with E-state index in [2.05, 4.69) is 5.32 Å². The van der Waals surface area contributed by atoms with Crippen LogP contribution in [0.4, 0.5) is 0 Å². The number of nitrogens with one attached hydrogen (secondary N) is 1. The summed E-state index contributed by atoms with van der Waals surface area (Å²) in [6, 6.07) is 0.